The Balaban J connectivity index is 1.48. The fourth-order valence-electron chi connectivity index (χ4n) is 4.48. The molecule has 2 aromatic rings. The summed E-state index contributed by atoms with van der Waals surface area (Å²) in [5, 5.41) is 17.7. The number of nitrogens with zero attached hydrogens (tertiary/aromatic N) is 3. The van der Waals surface area contributed by atoms with Crippen molar-refractivity contribution >= 4 is 5.91 Å². The quantitative estimate of drug-likeness (QED) is 0.839. The van der Waals surface area contributed by atoms with E-state index in [4.69, 9.17) is 4.42 Å². The van der Waals surface area contributed by atoms with E-state index in [2.05, 4.69) is 10.2 Å². The number of rotatable bonds is 4. The maximum absolute atomic E-state index is 12.7. The molecule has 0 radical (unpaired) electrons. The van der Waals surface area contributed by atoms with Crippen molar-refractivity contribution in [1.29, 1.82) is 0 Å². The number of aliphatic hydroxyl groups excluding tert-OH is 1. The summed E-state index contributed by atoms with van der Waals surface area (Å²) in [7, 11) is 0. The van der Waals surface area contributed by atoms with Gasteiger partial charge in [0.25, 0.3) is 5.91 Å². The van der Waals surface area contributed by atoms with E-state index in [1.165, 1.54) is 0 Å². The van der Waals surface area contributed by atoms with Crippen LogP contribution in [0.25, 0.3) is 11.5 Å². The van der Waals surface area contributed by atoms with Gasteiger partial charge in [0.2, 0.25) is 17.9 Å². The Morgan fingerprint density at radius 1 is 1.28 bits per heavy atom. The second kappa shape index (κ2) is 7.12. The number of carbonyl (C=O) groups excluding carboxylic acids is 1. The summed E-state index contributed by atoms with van der Waals surface area (Å²) in [4.78, 5) is 13.1. The average molecular weight is 409 g/mol. The molecule has 9 heteroatoms. The van der Waals surface area contributed by atoms with Gasteiger partial charge in [-0.3, -0.25) is 4.79 Å². The first kappa shape index (κ1) is 19.9. The van der Waals surface area contributed by atoms with Crippen LogP contribution in [0.15, 0.2) is 34.7 Å². The Morgan fingerprint density at radius 2 is 1.97 bits per heavy atom. The molecule has 2 unspecified atom stereocenters. The van der Waals surface area contributed by atoms with Crippen molar-refractivity contribution in [3.8, 4) is 11.5 Å². The fourth-order valence-corrected chi connectivity index (χ4v) is 4.48. The second-order valence-electron chi connectivity index (χ2n) is 8.04. The number of aliphatic hydroxyl groups is 1. The van der Waals surface area contributed by atoms with Crippen LogP contribution in [-0.2, 0) is 10.2 Å². The molecule has 1 aliphatic carbocycles. The number of aromatic nitrogens is 2. The van der Waals surface area contributed by atoms with E-state index in [9.17, 15) is 23.1 Å². The van der Waals surface area contributed by atoms with Crippen LogP contribution in [0.5, 0.6) is 0 Å². The molecule has 156 valence electrons. The average Bonchev–Trinajstić information content (AvgIpc) is 3.34. The van der Waals surface area contributed by atoms with E-state index >= 15 is 0 Å². The number of hydrogen-bond acceptors (Lipinski definition) is 5. The maximum Gasteiger partial charge on any atom is 0.423 e. The summed E-state index contributed by atoms with van der Waals surface area (Å²) in [5.41, 5.74) is 0.550. The van der Waals surface area contributed by atoms with Crippen LogP contribution in [0.2, 0.25) is 0 Å². The highest BCUT2D eigenvalue weighted by molar-refractivity contribution is 5.81. The van der Waals surface area contributed by atoms with Gasteiger partial charge in [-0.05, 0) is 43.2 Å². The van der Waals surface area contributed by atoms with Gasteiger partial charge in [-0.2, -0.15) is 13.2 Å². The van der Waals surface area contributed by atoms with Crippen LogP contribution in [-0.4, -0.2) is 51.5 Å². The van der Waals surface area contributed by atoms with Crippen LogP contribution < -0.4 is 0 Å². The molecule has 1 aliphatic heterocycles. The number of benzene rings is 1. The van der Waals surface area contributed by atoms with Crippen LogP contribution >= 0.6 is 0 Å². The number of carbonyl (C=O) groups is 1. The van der Waals surface area contributed by atoms with Gasteiger partial charge in [0.1, 0.15) is 0 Å². The highest BCUT2D eigenvalue weighted by atomic mass is 19.4. The third-order valence-corrected chi connectivity index (χ3v) is 6.13. The van der Waals surface area contributed by atoms with E-state index in [0.29, 0.717) is 18.2 Å². The van der Waals surface area contributed by atoms with Gasteiger partial charge in [-0.1, -0.05) is 25.1 Å². The molecule has 2 aliphatic rings. The van der Waals surface area contributed by atoms with E-state index in [1.807, 2.05) is 37.3 Å². The van der Waals surface area contributed by atoms with Crippen molar-refractivity contribution in [1.82, 2.24) is 15.1 Å². The zero-order valence-corrected chi connectivity index (χ0v) is 15.9. The molecule has 1 saturated carbocycles. The molecule has 0 spiro atoms. The molecule has 2 fully saturated rings. The minimum absolute atomic E-state index is 0.0530. The Kier molecular flexibility index (Phi) is 4.88. The minimum Gasteiger partial charge on any atom is -0.420 e. The first-order chi connectivity index (χ1) is 13.7. The van der Waals surface area contributed by atoms with E-state index in [-0.39, 0.29) is 30.3 Å². The SMILES string of the molecule is CC1CN(C(=O)[C@@H](O)C(F)(F)F)CCC1C1(c2nnc(-c3ccccc3)o2)CC1. The van der Waals surface area contributed by atoms with E-state index < -0.39 is 18.2 Å². The predicted octanol–water partition coefficient (Wildman–Crippen LogP) is 3.18. The number of alkyl halides is 3. The topological polar surface area (TPSA) is 79.5 Å². The largest absolute Gasteiger partial charge is 0.423 e. The Labute approximate surface area is 165 Å². The van der Waals surface area contributed by atoms with E-state index in [1.54, 1.807) is 0 Å². The zero-order valence-electron chi connectivity index (χ0n) is 15.9. The summed E-state index contributed by atoms with van der Waals surface area (Å²) in [6, 6.07) is 9.44. The highest BCUT2D eigenvalue weighted by Crippen LogP contribution is 2.57. The molecule has 6 nitrogen and oxygen atoms in total. The monoisotopic (exact) mass is 409 g/mol. The zero-order chi connectivity index (χ0) is 20.8. The molecule has 4 rings (SSSR count). The highest BCUT2D eigenvalue weighted by Gasteiger charge is 2.57. The van der Waals surface area contributed by atoms with Crippen molar-refractivity contribution in [2.75, 3.05) is 13.1 Å². The molecule has 1 N–H and O–H groups in total. The molecule has 1 saturated heterocycles. The lowest BCUT2D eigenvalue weighted by Gasteiger charge is -2.40. The fraction of sp³-hybridized carbons (Fsp3) is 0.550. The molecule has 3 atom stereocenters. The summed E-state index contributed by atoms with van der Waals surface area (Å²) >= 11 is 0. The molecular formula is C20H22F3N3O3. The molecule has 2 heterocycles. The molecule has 29 heavy (non-hydrogen) atoms. The number of hydrogen-bond donors (Lipinski definition) is 1. The van der Waals surface area contributed by atoms with Crippen LogP contribution in [0, 0.1) is 11.8 Å². The van der Waals surface area contributed by atoms with Crippen molar-refractivity contribution in [3.05, 3.63) is 36.2 Å². The molecule has 0 bridgehead atoms. The van der Waals surface area contributed by atoms with Crippen molar-refractivity contribution in [3.63, 3.8) is 0 Å². The molecular weight excluding hydrogens is 387 g/mol. The van der Waals surface area contributed by atoms with Gasteiger partial charge < -0.3 is 14.4 Å². The standard InChI is InChI=1S/C20H22F3N3O3/c1-12-11-26(17(28)15(27)20(21,22)23)10-7-14(12)19(8-9-19)18-25-24-16(29-18)13-5-3-2-4-6-13/h2-6,12,14-15,27H,7-11H2,1H3/t12?,14?,15-/m1/s1. The van der Waals surface area contributed by atoms with Gasteiger partial charge in [-0.15, -0.1) is 10.2 Å². The van der Waals surface area contributed by atoms with E-state index in [0.717, 1.165) is 23.3 Å². The Bertz CT molecular complexity index is 880. The smallest absolute Gasteiger partial charge is 0.420 e. The van der Waals surface area contributed by atoms with Crippen molar-refractivity contribution < 1.29 is 27.5 Å². The predicted molar refractivity (Wildman–Crippen MR) is 96.6 cm³/mol. The van der Waals surface area contributed by atoms with Crippen molar-refractivity contribution in [2.24, 2.45) is 11.8 Å². The molecule has 1 amide bonds. The summed E-state index contributed by atoms with van der Waals surface area (Å²) in [6.45, 7) is 2.25. The maximum atomic E-state index is 12.7. The summed E-state index contributed by atoms with van der Waals surface area (Å²) < 4.78 is 44.0. The number of halogens is 3. The molecule has 1 aromatic heterocycles. The molecule has 1 aromatic carbocycles. The lowest BCUT2D eigenvalue weighted by molar-refractivity contribution is -0.211. The Morgan fingerprint density at radius 3 is 2.55 bits per heavy atom. The lowest BCUT2D eigenvalue weighted by Crippen LogP contribution is -2.52. The minimum atomic E-state index is -4.95. The normalized spacial score (nSPS) is 24.9. The van der Waals surface area contributed by atoms with Gasteiger partial charge in [0, 0.05) is 18.7 Å². The summed E-state index contributed by atoms with van der Waals surface area (Å²) in [6.07, 6.45) is -5.65. The number of amides is 1. The second-order valence-corrected chi connectivity index (χ2v) is 8.04. The van der Waals surface area contributed by atoms with Gasteiger partial charge in [-0.25, -0.2) is 0 Å². The van der Waals surface area contributed by atoms with Crippen LogP contribution in [0.4, 0.5) is 13.2 Å². The third kappa shape index (κ3) is 3.63. The van der Waals surface area contributed by atoms with Crippen LogP contribution in [0.1, 0.15) is 32.1 Å². The Hall–Kier alpha value is -2.42. The third-order valence-electron chi connectivity index (χ3n) is 6.13. The van der Waals surface area contributed by atoms with Gasteiger partial charge in [0.15, 0.2) is 0 Å². The number of piperidine rings is 1. The summed E-state index contributed by atoms with van der Waals surface area (Å²) in [5.74, 6) is -0.207. The first-order valence-corrected chi connectivity index (χ1v) is 9.65. The van der Waals surface area contributed by atoms with Crippen LogP contribution in [0.3, 0.4) is 0 Å². The van der Waals surface area contributed by atoms with Crippen molar-refractivity contribution in [2.45, 2.75) is 43.9 Å². The van der Waals surface area contributed by atoms with Gasteiger partial charge >= 0.3 is 6.18 Å². The van der Waals surface area contributed by atoms with Gasteiger partial charge in [0.05, 0.1) is 5.41 Å². The number of likely N-dealkylation sites (tertiary alicyclic amines) is 1. The first-order valence-electron chi connectivity index (χ1n) is 9.65. The lowest BCUT2D eigenvalue weighted by atomic mass is 9.75.